The van der Waals surface area contributed by atoms with Crippen LogP contribution < -0.4 is 15.0 Å². The highest BCUT2D eigenvalue weighted by molar-refractivity contribution is 5.67. The van der Waals surface area contributed by atoms with Gasteiger partial charge >= 0.3 is 6.09 Å². The summed E-state index contributed by atoms with van der Waals surface area (Å²) >= 11 is 0. The lowest BCUT2D eigenvalue weighted by Gasteiger charge is -2.34. The molecule has 1 unspecified atom stereocenters. The maximum atomic E-state index is 11.7. The van der Waals surface area contributed by atoms with Crippen molar-refractivity contribution < 1.29 is 14.3 Å². The Labute approximate surface area is 137 Å². The van der Waals surface area contributed by atoms with Crippen molar-refractivity contribution in [2.45, 2.75) is 18.9 Å². The quantitative estimate of drug-likeness (QED) is 0.919. The fraction of sp³-hybridized carbons (Fsp3) is 0.588. The van der Waals surface area contributed by atoms with Gasteiger partial charge in [-0.3, -0.25) is 0 Å². The Morgan fingerprint density at radius 2 is 2.00 bits per heavy atom. The SMILES string of the molecule is COC(=O)N1CCCC(Oc2ccccc2N2CCNCC2)C1. The van der Waals surface area contributed by atoms with E-state index in [9.17, 15) is 4.79 Å². The van der Waals surface area contributed by atoms with E-state index >= 15 is 0 Å². The van der Waals surface area contributed by atoms with Crippen molar-refractivity contribution in [2.24, 2.45) is 0 Å². The van der Waals surface area contributed by atoms with Gasteiger partial charge in [-0.25, -0.2) is 4.79 Å². The van der Waals surface area contributed by atoms with Crippen LogP contribution in [0.2, 0.25) is 0 Å². The van der Waals surface area contributed by atoms with Crippen molar-refractivity contribution in [1.82, 2.24) is 10.2 Å². The van der Waals surface area contributed by atoms with Crippen molar-refractivity contribution >= 4 is 11.8 Å². The second-order valence-electron chi connectivity index (χ2n) is 6.00. The molecule has 1 atom stereocenters. The third kappa shape index (κ3) is 3.88. The molecule has 2 aliphatic rings. The van der Waals surface area contributed by atoms with Crippen molar-refractivity contribution in [1.29, 1.82) is 0 Å². The fourth-order valence-corrected chi connectivity index (χ4v) is 3.23. The highest BCUT2D eigenvalue weighted by Crippen LogP contribution is 2.30. The Hall–Kier alpha value is -1.95. The summed E-state index contributed by atoms with van der Waals surface area (Å²) in [6.45, 7) is 5.29. The summed E-state index contributed by atoms with van der Waals surface area (Å²) in [6.07, 6.45) is 1.65. The van der Waals surface area contributed by atoms with Crippen LogP contribution in [0.4, 0.5) is 10.5 Å². The number of piperazine rings is 1. The molecule has 1 aromatic carbocycles. The number of rotatable bonds is 3. The number of ether oxygens (including phenoxy) is 2. The number of likely N-dealkylation sites (tertiary alicyclic amines) is 1. The molecule has 2 saturated heterocycles. The van der Waals surface area contributed by atoms with E-state index in [4.69, 9.17) is 9.47 Å². The number of piperidine rings is 1. The Morgan fingerprint density at radius 1 is 1.22 bits per heavy atom. The number of carbonyl (C=O) groups excluding carboxylic acids is 1. The first-order valence-electron chi connectivity index (χ1n) is 8.32. The minimum absolute atomic E-state index is 0.0203. The smallest absolute Gasteiger partial charge is 0.409 e. The van der Waals surface area contributed by atoms with Gasteiger partial charge in [0.15, 0.2) is 0 Å². The summed E-state index contributed by atoms with van der Waals surface area (Å²) in [4.78, 5) is 15.8. The van der Waals surface area contributed by atoms with E-state index in [0.29, 0.717) is 6.54 Å². The Bertz CT molecular complexity index is 532. The molecule has 2 fully saturated rings. The summed E-state index contributed by atoms with van der Waals surface area (Å²) < 4.78 is 11.1. The van der Waals surface area contributed by atoms with Crippen LogP contribution in [0.5, 0.6) is 5.75 Å². The Morgan fingerprint density at radius 3 is 2.78 bits per heavy atom. The molecule has 2 heterocycles. The average molecular weight is 319 g/mol. The molecule has 0 radical (unpaired) electrons. The van der Waals surface area contributed by atoms with E-state index in [0.717, 1.165) is 57.0 Å². The minimum atomic E-state index is -0.270. The van der Waals surface area contributed by atoms with Crippen LogP contribution in [0.1, 0.15) is 12.8 Å². The van der Waals surface area contributed by atoms with Gasteiger partial charge in [0.25, 0.3) is 0 Å². The molecule has 1 aromatic rings. The number of nitrogens with one attached hydrogen (secondary N) is 1. The molecule has 0 saturated carbocycles. The molecule has 3 rings (SSSR count). The maximum Gasteiger partial charge on any atom is 0.409 e. The van der Waals surface area contributed by atoms with Crippen LogP contribution in [0.3, 0.4) is 0 Å². The number of hydrogen-bond acceptors (Lipinski definition) is 5. The highest BCUT2D eigenvalue weighted by atomic mass is 16.5. The van der Waals surface area contributed by atoms with E-state index < -0.39 is 0 Å². The molecule has 0 spiro atoms. The average Bonchev–Trinajstić information content (AvgIpc) is 2.62. The van der Waals surface area contributed by atoms with Crippen molar-refractivity contribution in [2.75, 3.05) is 51.3 Å². The zero-order chi connectivity index (χ0) is 16.1. The van der Waals surface area contributed by atoms with E-state index in [1.54, 1.807) is 4.90 Å². The molecular weight excluding hydrogens is 294 g/mol. The van der Waals surface area contributed by atoms with E-state index in [1.807, 2.05) is 18.2 Å². The normalized spacial score (nSPS) is 21.9. The summed E-state index contributed by atoms with van der Waals surface area (Å²) in [5, 5.41) is 3.37. The van der Waals surface area contributed by atoms with Crippen LogP contribution >= 0.6 is 0 Å². The maximum absolute atomic E-state index is 11.7. The first-order valence-corrected chi connectivity index (χ1v) is 8.32. The van der Waals surface area contributed by atoms with Gasteiger partial charge in [0.2, 0.25) is 0 Å². The van der Waals surface area contributed by atoms with E-state index in [-0.39, 0.29) is 12.2 Å². The van der Waals surface area contributed by atoms with Crippen LogP contribution in [0.25, 0.3) is 0 Å². The lowest BCUT2D eigenvalue weighted by atomic mass is 10.1. The van der Waals surface area contributed by atoms with E-state index in [2.05, 4.69) is 16.3 Å². The monoisotopic (exact) mass is 319 g/mol. The summed E-state index contributed by atoms with van der Waals surface area (Å²) in [7, 11) is 1.42. The summed E-state index contributed by atoms with van der Waals surface area (Å²) in [5.74, 6) is 0.908. The van der Waals surface area contributed by atoms with Crippen LogP contribution in [-0.4, -0.2) is 63.5 Å². The molecule has 23 heavy (non-hydrogen) atoms. The van der Waals surface area contributed by atoms with Gasteiger partial charge in [0.1, 0.15) is 11.9 Å². The number of hydrogen-bond donors (Lipinski definition) is 1. The summed E-state index contributed by atoms with van der Waals surface area (Å²) in [5.41, 5.74) is 1.14. The standard InChI is InChI=1S/C17H25N3O3/c1-22-17(21)20-10-4-5-14(13-20)23-16-7-3-2-6-15(16)19-11-8-18-9-12-19/h2-3,6-7,14,18H,4-5,8-13H2,1H3. The van der Waals surface area contributed by atoms with E-state index in [1.165, 1.54) is 7.11 Å². The molecule has 2 aliphatic heterocycles. The van der Waals surface area contributed by atoms with Gasteiger partial charge in [0, 0.05) is 32.7 Å². The molecule has 126 valence electrons. The highest BCUT2D eigenvalue weighted by Gasteiger charge is 2.26. The Kier molecular flexibility index (Phi) is 5.23. The van der Waals surface area contributed by atoms with Gasteiger partial charge in [-0.2, -0.15) is 0 Å². The number of benzene rings is 1. The van der Waals surface area contributed by atoms with Gasteiger partial charge in [-0.15, -0.1) is 0 Å². The predicted octanol–water partition coefficient (Wildman–Crippen LogP) is 1.71. The van der Waals surface area contributed by atoms with Crippen LogP contribution in [0.15, 0.2) is 24.3 Å². The van der Waals surface area contributed by atoms with Gasteiger partial charge in [0.05, 0.1) is 19.3 Å². The molecule has 6 heteroatoms. The minimum Gasteiger partial charge on any atom is -0.486 e. The van der Waals surface area contributed by atoms with Crippen molar-refractivity contribution in [3.8, 4) is 5.75 Å². The topological polar surface area (TPSA) is 54.0 Å². The Balaban J connectivity index is 1.68. The zero-order valence-corrected chi connectivity index (χ0v) is 13.7. The number of nitrogens with zero attached hydrogens (tertiary/aromatic N) is 2. The summed E-state index contributed by atoms with van der Waals surface area (Å²) in [6, 6.07) is 8.18. The third-order valence-electron chi connectivity index (χ3n) is 4.43. The first kappa shape index (κ1) is 15.9. The molecule has 6 nitrogen and oxygen atoms in total. The predicted molar refractivity (Wildman–Crippen MR) is 89.2 cm³/mol. The number of para-hydroxylation sites is 2. The molecule has 0 aliphatic carbocycles. The molecular formula is C17H25N3O3. The molecule has 1 N–H and O–H groups in total. The van der Waals surface area contributed by atoms with Crippen molar-refractivity contribution in [3.63, 3.8) is 0 Å². The second-order valence-corrected chi connectivity index (χ2v) is 6.00. The second kappa shape index (κ2) is 7.55. The lowest BCUT2D eigenvalue weighted by Crippen LogP contribution is -2.45. The number of anilines is 1. The first-order chi connectivity index (χ1) is 11.3. The van der Waals surface area contributed by atoms with Gasteiger partial charge < -0.3 is 24.6 Å². The number of amides is 1. The third-order valence-corrected chi connectivity index (χ3v) is 4.43. The van der Waals surface area contributed by atoms with Gasteiger partial charge in [-0.1, -0.05) is 12.1 Å². The molecule has 0 bridgehead atoms. The van der Waals surface area contributed by atoms with Crippen molar-refractivity contribution in [3.05, 3.63) is 24.3 Å². The van der Waals surface area contributed by atoms with Crippen LogP contribution in [0, 0.1) is 0 Å². The fourth-order valence-electron chi connectivity index (χ4n) is 3.23. The zero-order valence-electron chi connectivity index (χ0n) is 13.7. The number of methoxy groups -OCH3 is 1. The number of carbonyl (C=O) groups is 1. The lowest BCUT2D eigenvalue weighted by molar-refractivity contribution is 0.0695. The molecule has 0 aromatic heterocycles. The largest absolute Gasteiger partial charge is 0.486 e. The van der Waals surface area contributed by atoms with Crippen LogP contribution in [-0.2, 0) is 4.74 Å². The molecule has 1 amide bonds. The van der Waals surface area contributed by atoms with Gasteiger partial charge in [-0.05, 0) is 25.0 Å².